The Morgan fingerprint density at radius 1 is 0.808 bits per heavy atom. The molecular formula is C20H18O6. The molecule has 134 valence electrons. The summed E-state index contributed by atoms with van der Waals surface area (Å²) in [6.45, 7) is 0.585. The highest BCUT2D eigenvalue weighted by molar-refractivity contribution is 5.99. The number of rotatable bonds is 7. The highest BCUT2D eigenvalue weighted by atomic mass is 16.6. The first-order valence-electron chi connectivity index (χ1n) is 8.30. The van der Waals surface area contributed by atoms with Crippen LogP contribution in [-0.2, 0) is 9.53 Å². The van der Waals surface area contributed by atoms with Gasteiger partial charge in [0.25, 0.3) is 0 Å². The van der Waals surface area contributed by atoms with Gasteiger partial charge in [-0.05, 0) is 18.2 Å². The number of esters is 1. The summed E-state index contributed by atoms with van der Waals surface area (Å²) in [5.41, 5.74) is 0.926. The average molecular weight is 354 g/mol. The van der Waals surface area contributed by atoms with Gasteiger partial charge in [-0.25, -0.2) is 0 Å². The third-order valence-corrected chi connectivity index (χ3v) is 3.88. The van der Waals surface area contributed by atoms with Crippen molar-refractivity contribution in [3.63, 3.8) is 0 Å². The number of benzene rings is 2. The fourth-order valence-electron chi connectivity index (χ4n) is 2.50. The molecule has 6 nitrogen and oxygen atoms in total. The van der Waals surface area contributed by atoms with Crippen LogP contribution in [0.1, 0.15) is 33.6 Å². The van der Waals surface area contributed by atoms with Gasteiger partial charge < -0.3 is 14.2 Å². The van der Waals surface area contributed by atoms with E-state index in [1.54, 1.807) is 48.5 Å². The van der Waals surface area contributed by atoms with Crippen molar-refractivity contribution in [2.24, 2.45) is 0 Å². The molecule has 6 heteroatoms. The van der Waals surface area contributed by atoms with E-state index in [0.29, 0.717) is 35.8 Å². The lowest BCUT2D eigenvalue weighted by molar-refractivity contribution is -0.142. The van der Waals surface area contributed by atoms with Crippen LogP contribution in [0.5, 0.6) is 11.5 Å². The Balaban J connectivity index is 1.47. The maximum atomic E-state index is 12.2. The lowest BCUT2D eigenvalue weighted by Crippen LogP contribution is -2.16. The van der Waals surface area contributed by atoms with Crippen molar-refractivity contribution in [2.45, 2.75) is 12.8 Å². The van der Waals surface area contributed by atoms with Crippen molar-refractivity contribution in [3.05, 3.63) is 59.7 Å². The van der Waals surface area contributed by atoms with E-state index in [2.05, 4.69) is 0 Å². The van der Waals surface area contributed by atoms with E-state index in [1.807, 2.05) is 0 Å². The molecule has 0 fully saturated rings. The van der Waals surface area contributed by atoms with E-state index in [9.17, 15) is 14.4 Å². The van der Waals surface area contributed by atoms with Gasteiger partial charge >= 0.3 is 5.97 Å². The summed E-state index contributed by atoms with van der Waals surface area (Å²) in [6, 6.07) is 13.5. The minimum Gasteiger partial charge on any atom is -0.486 e. The Morgan fingerprint density at radius 2 is 1.54 bits per heavy atom. The highest BCUT2D eigenvalue weighted by Gasteiger charge is 2.16. The molecule has 0 bridgehead atoms. The second kappa shape index (κ2) is 8.29. The number of Topliss-reactive ketones (excluding diaryl/α,β-unsaturated/α-hetero) is 2. The van der Waals surface area contributed by atoms with Gasteiger partial charge in [-0.1, -0.05) is 30.3 Å². The minimum atomic E-state index is -0.583. The van der Waals surface area contributed by atoms with Crippen molar-refractivity contribution in [2.75, 3.05) is 19.8 Å². The van der Waals surface area contributed by atoms with Gasteiger partial charge in [-0.3, -0.25) is 14.4 Å². The minimum absolute atomic E-state index is 0.00198. The zero-order chi connectivity index (χ0) is 18.4. The smallest absolute Gasteiger partial charge is 0.306 e. The molecule has 0 aromatic heterocycles. The number of ether oxygens (including phenoxy) is 3. The second-order valence-electron chi connectivity index (χ2n) is 5.73. The number of carbonyl (C=O) groups is 3. The normalized spacial score (nSPS) is 12.3. The molecule has 1 heterocycles. The maximum absolute atomic E-state index is 12.2. The quantitative estimate of drug-likeness (QED) is 0.562. The Hall–Kier alpha value is -3.15. The van der Waals surface area contributed by atoms with Crippen molar-refractivity contribution >= 4 is 17.5 Å². The third kappa shape index (κ3) is 4.47. The van der Waals surface area contributed by atoms with E-state index in [0.717, 1.165) is 0 Å². The molecule has 26 heavy (non-hydrogen) atoms. The van der Waals surface area contributed by atoms with Crippen LogP contribution >= 0.6 is 0 Å². The molecule has 3 rings (SSSR count). The number of ketones is 2. The van der Waals surface area contributed by atoms with E-state index < -0.39 is 5.97 Å². The molecule has 0 saturated carbocycles. The van der Waals surface area contributed by atoms with Crippen LogP contribution in [0.15, 0.2) is 48.5 Å². The van der Waals surface area contributed by atoms with Crippen molar-refractivity contribution in [1.29, 1.82) is 0 Å². The summed E-state index contributed by atoms with van der Waals surface area (Å²) in [5.74, 6) is 0.0652. The molecule has 0 unspecified atom stereocenters. The van der Waals surface area contributed by atoms with Crippen LogP contribution < -0.4 is 9.47 Å². The summed E-state index contributed by atoms with van der Waals surface area (Å²) >= 11 is 0. The van der Waals surface area contributed by atoms with Crippen LogP contribution in [0.4, 0.5) is 0 Å². The average Bonchev–Trinajstić information content (AvgIpc) is 2.70. The maximum Gasteiger partial charge on any atom is 0.306 e. The molecule has 0 N–H and O–H groups in total. The zero-order valence-electron chi connectivity index (χ0n) is 14.1. The van der Waals surface area contributed by atoms with Crippen LogP contribution in [0.3, 0.4) is 0 Å². The molecule has 0 radical (unpaired) electrons. The lowest BCUT2D eigenvalue weighted by Gasteiger charge is -2.18. The molecule has 0 aliphatic carbocycles. The summed E-state index contributed by atoms with van der Waals surface area (Å²) < 4.78 is 15.8. The van der Waals surface area contributed by atoms with Crippen LogP contribution in [0.2, 0.25) is 0 Å². The SMILES string of the molecule is O=C(CCC(=O)c1ccc2c(c1)OCCO2)OCC(=O)c1ccccc1. The van der Waals surface area contributed by atoms with E-state index in [1.165, 1.54) is 0 Å². The Labute approximate surface area is 150 Å². The molecule has 2 aromatic rings. The highest BCUT2D eigenvalue weighted by Crippen LogP contribution is 2.31. The molecule has 0 amide bonds. The van der Waals surface area contributed by atoms with Crippen molar-refractivity contribution in [3.8, 4) is 11.5 Å². The number of carbonyl (C=O) groups excluding carboxylic acids is 3. The first-order chi connectivity index (χ1) is 12.6. The first-order valence-corrected chi connectivity index (χ1v) is 8.30. The molecule has 1 aliphatic rings. The van der Waals surface area contributed by atoms with Gasteiger partial charge in [-0.15, -0.1) is 0 Å². The second-order valence-corrected chi connectivity index (χ2v) is 5.73. The standard InChI is InChI=1S/C20H18O6/c21-16(15-6-8-18-19(12-15)25-11-10-24-18)7-9-20(23)26-13-17(22)14-4-2-1-3-5-14/h1-6,8,12H,7,9-11,13H2. The largest absolute Gasteiger partial charge is 0.486 e. The Kier molecular flexibility index (Phi) is 5.63. The molecule has 2 aromatic carbocycles. The van der Waals surface area contributed by atoms with Gasteiger partial charge in [0, 0.05) is 17.5 Å². The van der Waals surface area contributed by atoms with E-state index >= 15 is 0 Å². The molecule has 0 saturated heterocycles. The van der Waals surface area contributed by atoms with Gasteiger partial charge in [-0.2, -0.15) is 0 Å². The fourth-order valence-corrected chi connectivity index (χ4v) is 2.50. The molecule has 0 spiro atoms. The molecule has 0 atom stereocenters. The third-order valence-electron chi connectivity index (χ3n) is 3.88. The van der Waals surface area contributed by atoms with Gasteiger partial charge in [0.15, 0.2) is 29.7 Å². The zero-order valence-corrected chi connectivity index (χ0v) is 14.1. The summed E-state index contributed by atoms with van der Waals surface area (Å²) in [4.78, 5) is 35.9. The van der Waals surface area contributed by atoms with Gasteiger partial charge in [0.05, 0.1) is 6.42 Å². The topological polar surface area (TPSA) is 78.9 Å². The number of fused-ring (bicyclic) bond motifs is 1. The lowest BCUT2D eigenvalue weighted by atomic mass is 10.1. The molecular weight excluding hydrogens is 336 g/mol. The van der Waals surface area contributed by atoms with Crippen LogP contribution in [0, 0.1) is 0 Å². The van der Waals surface area contributed by atoms with Gasteiger partial charge in [0.1, 0.15) is 13.2 Å². The van der Waals surface area contributed by atoms with Crippen molar-refractivity contribution in [1.82, 2.24) is 0 Å². The number of hydrogen-bond donors (Lipinski definition) is 0. The predicted octanol–water partition coefficient (Wildman–Crippen LogP) is 2.85. The number of hydrogen-bond acceptors (Lipinski definition) is 6. The van der Waals surface area contributed by atoms with Crippen LogP contribution in [-0.4, -0.2) is 37.4 Å². The summed E-state index contributed by atoms with van der Waals surface area (Å²) in [7, 11) is 0. The molecule has 1 aliphatic heterocycles. The Morgan fingerprint density at radius 3 is 2.31 bits per heavy atom. The van der Waals surface area contributed by atoms with Gasteiger partial charge in [0.2, 0.25) is 0 Å². The van der Waals surface area contributed by atoms with E-state index in [-0.39, 0.29) is 31.0 Å². The Bertz CT molecular complexity index is 812. The first kappa shape index (κ1) is 17.7. The predicted molar refractivity (Wildman–Crippen MR) is 92.7 cm³/mol. The summed E-state index contributed by atoms with van der Waals surface area (Å²) in [5, 5.41) is 0. The van der Waals surface area contributed by atoms with E-state index in [4.69, 9.17) is 14.2 Å². The van der Waals surface area contributed by atoms with Crippen LogP contribution in [0.25, 0.3) is 0 Å². The summed E-state index contributed by atoms with van der Waals surface area (Å²) in [6.07, 6.45) is -0.0899. The fraction of sp³-hybridized carbons (Fsp3) is 0.250. The van der Waals surface area contributed by atoms with Crippen molar-refractivity contribution < 1.29 is 28.6 Å². The monoisotopic (exact) mass is 354 g/mol.